The number of rotatable bonds is 4. The SMILES string of the molecule is NC(=O)c1[nH]c2ncccc2c1-c1ccc(NC(=O)Nc2cccc(C(F)(F)F)c2F)cc1. The Balaban J connectivity index is 1.55. The van der Waals surface area contributed by atoms with Crippen molar-refractivity contribution >= 4 is 34.3 Å². The summed E-state index contributed by atoms with van der Waals surface area (Å²) in [7, 11) is 0. The number of primary amides is 1. The molecule has 2 heterocycles. The molecule has 2 aromatic carbocycles. The predicted molar refractivity (Wildman–Crippen MR) is 114 cm³/mol. The monoisotopic (exact) mass is 457 g/mol. The summed E-state index contributed by atoms with van der Waals surface area (Å²) in [6.07, 6.45) is -3.33. The molecule has 7 nitrogen and oxygen atoms in total. The highest BCUT2D eigenvalue weighted by Crippen LogP contribution is 2.34. The molecule has 0 aliphatic rings. The third-order valence-electron chi connectivity index (χ3n) is 4.80. The number of halogens is 4. The van der Waals surface area contributed by atoms with Crippen LogP contribution in [0.2, 0.25) is 0 Å². The Labute approximate surface area is 183 Å². The number of anilines is 2. The Morgan fingerprint density at radius 2 is 1.70 bits per heavy atom. The molecular weight excluding hydrogens is 442 g/mol. The number of hydrogen-bond acceptors (Lipinski definition) is 3. The summed E-state index contributed by atoms with van der Waals surface area (Å²) in [5.74, 6) is -2.25. The number of alkyl halides is 3. The van der Waals surface area contributed by atoms with E-state index in [2.05, 4.69) is 20.6 Å². The van der Waals surface area contributed by atoms with Crippen molar-refractivity contribution in [1.82, 2.24) is 9.97 Å². The molecule has 2 aromatic heterocycles. The van der Waals surface area contributed by atoms with Gasteiger partial charge in [-0.05, 0) is 42.0 Å². The number of nitrogens with two attached hydrogens (primary N) is 1. The van der Waals surface area contributed by atoms with Gasteiger partial charge in [-0.15, -0.1) is 0 Å². The fourth-order valence-electron chi connectivity index (χ4n) is 3.36. The van der Waals surface area contributed by atoms with Crippen LogP contribution >= 0.6 is 0 Å². The largest absolute Gasteiger partial charge is 0.419 e. The van der Waals surface area contributed by atoms with Crippen LogP contribution in [0.3, 0.4) is 0 Å². The Morgan fingerprint density at radius 3 is 2.36 bits per heavy atom. The van der Waals surface area contributed by atoms with Crippen LogP contribution in [0.5, 0.6) is 0 Å². The van der Waals surface area contributed by atoms with E-state index in [4.69, 9.17) is 5.73 Å². The average molecular weight is 457 g/mol. The van der Waals surface area contributed by atoms with Crippen molar-refractivity contribution in [2.24, 2.45) is 5.73 Å². The van der Waals surface area contributed by atoms with Gasteiger partial charge in [-0.3, -0.25) is 4.79 Å². The minimum Gasteiger partial charge on any atom is -0.364 e. The zero-order chi connectivity index (χ0) is 23.8. The fourth-order valence-corrected chi connectivity index (χ4v) is 3.36. The van der Waals surface area contributed by atoms with Crippen LogP contribution in [0.25, 0.3) is 22.2 Å². The number of amides is 3. The van der Waals surface area contributed by atoms with Crippen LogP contribution in [0.4, 0.5) is 33.7 Å². The number of nitrogens with zero attached hydrogens (tertiary/aromatic N) is 1. The second-order valence-corrected chi connectivity index (χ2v) is 6.96. The van der Waals surface area contributed by atoms with Crippen molar-refractivity contribution < 1.29 is 27.2 Å². The number of aromatic nitrogens is 2. The highest BCUT2D eigenvalue weighted by atomic mass is 19.4. The van der Waals surface area contributed by atoms with Gasteiger partial charge in [0.15, 0.2) is 5.82 Å². The standard InChI is InChI=1S/C22H15F4N5O2/c23-17-14(22(24,25)26)4-1-5-15(17)30-21(33)29-12-8-6-11(7-9-12)16-13-3-2-10-28-20(13)31-18(16)19(27)32/h1-10H,(H2,27,32)(H,28,31)(H2,29,30,33). The van der Waals surface area contributed by atoms with Crippen molar-refractivity contribution in [3.05, 3.63) is 77.9 Å². The summed E-state index contributed by atoms with van der Waals surface area (Å²) in [5, 5.41) is 5.15. The van der Waals surface area contributed by atoms with Crippen LogP contribution in [-0.4, -0.2) is 21.9 Å². The second-order valence-electron chi connectivity index (χ2n) is 6.96. The van der Waals surface area contributed by atoms with Gasteiger partial charge in [0.1, 0.15) is 11.3 Å². The highest BCUT2D eigenvalue weighted by molar-refractivity contribution is 6.08. The molecule has 0 aliphatic carbocycles. The number of urea groups is 1. The van der Waals surface area contributed by atoms with Gasteiger partial charge in [-0.25, -0.2) is 14.2 Å². The lowest BCUT2D eigenvalue weighted by Crippen LogP contribution is -2.21. The molecule has 5 N–H and O–H groups in total. The van der Waals surface area contributed by atoms with E-state index in [0.717, 1.165) is 12.1 Å². The van der Waals surface area contributed by atoms with Gasteiger partial charge < -0.3 is 21.4 Å². The average Bonchev–Trinajstić information content (AvgIpc) is 3.15. The van der Waals surface area contributed by atoms with E-state index in [1.165, 1.54) is 12.1 Å². The van der Waals surface area contributed by atoms with E-state index in [1.807, 2.05) is 0 Å². The van der Waals surface area contributed by atoms with Crippen molar-refractivity contribution in [3.63, 3.8) is 0 Å². The zero-order valence-electron chi connectivity index (χ0n) is 16.6. The van der Waals surface area contributed by atoms with Crippen molar-refractivity contribution in [3.8, 4) is 11.1 Å². The summed E-state index contributed by atoms with van der Waals surface area (Å²) in [6.45, 7) is 0. The van der Waals surface area contributed by atoms with Gasteiger partial charge in [0.05, 0.1) is 11.3 Å². The summed E-state index contributed by atoms with van der Waals surface area (Å²) < 4.78 is 52.6. The fraction of sp³-hybridized carbons (Fsp3) is 0.0455. The number of fused-ring (bicyclic) bond motifs is 1. The van der Waals surface area contributed by atoms with Crippen molar-refractivity contribution in [2.45, 2.75) is 6.18 Å². The van der Waals surface area contributed by atoms with Crippen LogP contribution < -0.4 is 16.4 Å². The van der Waals surface area contributed by atoms with Crippen molar-refractivity contribution in [1.29, 1.82) is 0 Å². The smallest absolute Gasteiger partial charge is 0.364 e. The zero-order valence-corrected chi connectivity index (χ0v) is 16.6. The summed E-state index contributed by atoms with van der Waals surface area (Å²) in [6, 6.07) is 11.4. The number of nitrogens with one attached hydrogen (secondary N) is 3. The minimum atomic E-state index is -4.89. The van der Waals surface area contributed by atoms with Crippen LogP contribution in [0, 0.1) is 5.82 Å². The highest BCUT2D eigenvalue weighted by Gasteiger charge is 2.35. The number of hydrogen-bond donors (Lipinski definition) is 4. The first kappa shape index (κ1) is 21.8. The van der Waals surface area contributed by atoms with Crippen molar-refractivity contribution in [2.75, 3.05) is 10.6 Å². The minimum absolute atomic E-state index is 0.169. The molecule has 0 fully saturated rings. The molecule has 0 aliphatic heterocycles. The molecule has 0 atom stereocenters. The Bertz CT molecular complexity index is 1360. The lowest BCUT2D eigenvalue weighted by Gasteiger charge is -2.13. The van der Waals surface area contributed by atoms with E-state index in [-0.39, 0.29) is 11.4 Å². The summed E-state index contributed by atoms with van der Waals surface area (Å²) in [5.41, 5.74) is 5.44. The number of carbonyl (C=O) groups excluding carboxylic acids is 2. The molecular formula is C22H15F4N5O2. The van der Waals surface area contributed by atoms with Gasteiger partial charge in [-0.1, -0.05) is 18.2 Å². The van der Waals surface area contributed by atoms with E-state index < -0.39 is 35.2 Å². The van der Waals surface area contributed by atoms with Gasteiger partial charge in [0.2, 0.25) is 0 Å². The molecule has 33 heavy (non-hydrogen) atoms. The molecule has 0 saturated carbocycles. The molecule has 0 unspecified atom stereocenters. The first-order valence-corrected chi connectivity index (χ1v) is 9.46. The second kappa shape index (κ2) is 8.26. The van der Waals surface area contributed by atoms with Crippen LogP contribution in [0.15, 0.2) is 60.8 Å². The number of H-pyrrole nitrogens is 1. The van der Waals surface area contributed by atoms with Gasteiger partial charge >= 0.3 is 12.2 Å². The summed E-state index contributed by atoms with van der Waals surface area (Å²) >= 11 is 0. The maximum atomic E-state index is 14.1. The van der Waals surface area contributed by atoms with Crippen LogP contribution in [0.1, 0.15) is 16.1 Å². The van der Waals surface area contributed by atoms with Gasteiger partial charge in [0, 0.05) is 22.8 Å². The molecule has 3 amide bonds. The Hall–Kier alpha value is -4.41. The molecule has 0 radical (unpaired) electrons. The first-order valence-electron chi connectivity index (χ1n) is 9.46. The van der Waals surface area contributed by atoms with Crippen LogP contribution in [-0.2, 0) is 6.18 Å². The molecule has 168 valence electrons. The molecule has 0 saturated heterocycles. The molecule has 4 rings (SSSR count). The molecule has 0 spiro atoms. The quantitative estimate of drug-likeness (QED) is 0.319. The lowest BCUT2D eigenvalue weighted by molar-refractivity contribution is -0.139. The number of carbonyl (C=O) groups is 2. The number of pyridine rings is 1. The first-order chi connectivity index (χ1) is 15.6. The van der Waals surface area contributed by atoms with E-state index >= 15 is 0 Å². The molecule has 0 bridgehead atoms. The van der Waals surface area contributed by atoms with E-state index in [9.17, 15) is 27.2 Å². The number of aromatic amines is 1. The van der Waals surface area contributed by atoms with E-state index in [1.54, 1.807) is 30.5 Å². The topological polar surface area (TPSA) is 113 Å². The summed E-state index contributed by atoms with van der Waals surface area (Å²) in [4.78, 5) is 31.1. The van der Waals surface area contributed by atoms with Gasteiger partial charge in [0.25, 0.3) is 5.91 Å². The third-order valence-corrected chi connectivity index (χ3v) is 4.80. The third kappa shape index (κ3) is 4.33. The Morgan fingerprint density at radius 1 is 0.970 bits per heavy atom. The lowest BCUT2D eigenvalue weighted by atomic mass is 10.0. The molecule has 11 heteroatoms. The maximum Gasteiger partial charge on any atom is 0.419 e. The predicted octanol–water partition coefficient (Wildman–Crippen LogP) is 5.13. The van der Waals surface area contributed by atoms with E-state index in [0.29, 0.717) is 28.2 Å². The normalized spacial score (nSPS) is 11.4. The maximum absolute atomic E-state index is 14.1. The molecule has 4 aromatic rings. The van der Waals surface area contributed by atoms with Gasteiger partial charge in [-0.2, -0.15) is 13.2 Å². The Kier molecular flexibility index (Phi) is 5.46. The number of benzene rings is 2.